The van der Waals surface area contributed by atoms with E-state index in [9.17, 15) is 9.59 Å². The summed E-state index contributed by atoms with van der Waals surface area (Å²) in [7, 11) is 3.55. The van der Waals surface area contributed by atoms with Crippen LogP contribution in [0.15, 0.2) is 12.1 Å². The fourth-order valence-electron chi connectivity index (χ4n) is 3.85. The summed E-state index contributed by atoms with van der Waals surface area (Å²) in [5.74, 6) is -0.150. The molecule has 1 aromatic carbocycles. The normalized spacial score (nSPS) is 15.6. The minimum absolute atomic E-state index is 0.263. The molecule has 2 heterocycles. The van der Waals surface area contributed by atoms with Gasteiger partial charge in [-0.1, -0.05) is 55.6 Å². The third kappa shape index (κ3) is 5.06. The Hall–Kier alpha value is -1.80. The highest BCUT2D eigenvalue weighted by molar-refractivity contribution is 6.45. The average molecular weight is 501 g/mol. The van der Waals surface area contributed by atoms with Crippen LogP contribution in [0.2, 0.25) is 15.1 Å². The number of nitrogens with zero attached hydrogens (tertiary/aromatic N) is 3. The van der Waals surface area contributed by atoms with Crippen LogP contribution in [-0.2, 0) is 17.9 Å². The number of rotatable bonds is 4. The molecule has 0 aliphatic carbocycles. The van der Waals surface area contributed by atoms with E-state index in [0.717, 1.165) is 18.7 Å². The molecule has 0 radical (unpaired) electrons. The highest BCUT2D eigenvalue weighted by Gasteiger charge is 2.35. The Balaban J connectivity index is 2.13. The fraction of sp³-hybridized carbons (Fsp3) is 0.500. The van der Waals surface area contributed by atoms with E-state index >= 15 is 0 Å². The van der Waals surface area contributed by atoms with Gasteiger partial charge in [0.15, 0.2) is 5.69 Å². The van der Waals surface area contributed by atoms with Crippen molar-refractivity contribution in [3.05, 3.63) is 38.6 Å². The Bertz CT molecular complexity index is 1050. The van der Waals surface area contributed by atoms with Crippen LogP contribution >= 0.6 is 34.8 Å². The standard InChI is InChI=1S/C22H28Cl3N5O2/c1-22(2,3)18(21(32)26-4)28-20(31)17-15-11-29(5)7-6-8-30(15)19(27-17)13-9-12(23)10-14(24)16(13)25/h9-10,18H,6-8,11H2,1-5H3,(H,26,32)(H,28,31)/t18-/m1/s1. The largest absolute Gasteiger partial charge is 0.357 e. The van der Waals surface area contributed by atoms with Crippen LogP contribution < -0.4 is 10.6 Å². The zero-order valence-corrected chi connectivity index (χ0v) is 21.1. The number of carbonyl (C=O) groups is 2. The van der Waals surface area contributed by atoms with Crippen LogP contribution in [0.1, 0.15) is 43.4 Å². The molecule has 2 N–H and O–H groups in total. The maximum atomic E-state index is 13.4. The highest BCUT2D eigenvalue weighted by Crippen LogP contribution is 2.37. The lowest BCUT2D eigenvalue weighted by atomic mass is 9.86. The van der Waals surface area contributed by atoms with Crippen molar-refractivity contribution in [3.8, 4) is 11.4 Å². The van der Waals surface area contributed by atoms with Crippen LogP contribution in [0.25, 0.3) is 11.4 Å². The van der Waals surface area contributed by atoms with Crippen LogP contribution in [0.4, 0.5) is 0 Å². The molecule has 32 heavy (non-hydrogen) atoms. The second-order valence-corrected chi connectivity index (χ2v) is 10.3. The summed E-state index contributed by atoms with van der Waals surface area (Å²) in [6.07, 6.45) is 0.878. The van der Waals surface area contributed by atoms with Crippen molar-refractivity contribution in [2.45, 2.75) is 46.3 Å². The Labute approximate surface area is 203 Å². The third-order valence-electron chi connectivity index (χ3n) is 5.51. The predicted octanol–water partition coefficient (Wildman–Crippen LogP) is 4.24. The first-order valence-corrected chi connectivity index (χ1v) is 11.5. The SMILES string of the molecule is CNC(=O)[C@@H](NC(=O)c1nc(-c2cc(Cl)cc(Cl)c2Cl)n2c1CN(C)CCC2)C(C)(C)C. The maximum absolute atomic E-state index is 13.4. The number of nitrogens with one attached hydrogen (secondary N) is 2. The lowest BCUT2D eigenvalue weighted by Gasteiger charge is -2.29. The molecule has 10 heteroatoms. The zero-order chi connectivity index (χ0) is 23.8. The van der Waals surface area contributed by atoms with Crippen LogP contribution in [0.5, 0.6) is 0 Å². The number of hydrogen-bond acceptors (Lipinski definition) is 4. The molecule has 1 aliphatic heterocycles. The summed E-state index contributed by atoms with van der Waals surface area (Å²) < 4.78 is 2.00. The number of amides is 2. The topological polar surface area (TPSA) is 79.3 Å². The Morgan fingerprint density at radius 3 is 2.47 bits per heavy atom. The second kappa shape index (κ2) is 9.59. The zero-order valence-electron chi connectivity index (χ0n) is 18.9. The molecule has 0 bridgehead atoms. The number of aromatic nitrogens is 2. The van der Waals surface area contributed by atoms with Gasteiger partial charge in [-0.2, -0.15) is 0 Å². The molecule has 0 spiro atoms. The summed E-state index contributed by atoms with van der Waals surface area (Å²) in [6.45, 7) is 7.75. The average Bonchev–Trinajstić information content (AvgIpc) is 2.93. The molecule has 7 nitrogen and oxygen atoms in total. The van der Waals surface area contributed by atoms with Gasteiger partial charge < -0.3 is 20.1 Å². The number of benzene rings is 1. The van der Waals surface area contributed by atoms with Crippen molar-refractivity contribution in [2.75, 3.05) is 20.6 Å². The Morgan fingerprint density at radius 2 is 1.84 bits per heavy atom. The van der Waals surface area contributed by atoms with Gasteiger partial charge in [0.25, 0.3) is 5.91 Å². The van der Waals surface area contributed by atoms with E-state index in [4.69, 9.17) is 39.8 Å². The van der Waals surface area contributed by atoms with Gasteiger partial charge >= 0.3 is 0 Å². The van der Waals surface area contributed by atoms with Gasteiger partial charge in [-0.15, -0.1) is 0 Å². The number of imidazole rings is 1. The first-order chi connectivity index (χ1) is 14.9. The molecular weight excluding hydrogens is 473 g/mol. The molecule has 1 aliphatic rings. The van der Waals surface area contributed by atoms with Gasteiger partial charge in [0, 0.05) is 30.7 Å². The summed E-state index contributed by atoms with van der Waals surface area (Å²) in [6, 6.07) is 2.54. The molecular formula is C22H28Cl3N5O2. The fourth-order valence-corrected chi connectivity index (χ4v) is 4.53. The first-order valence-electron chi connectivity index (χ1n) is 10.4. The van der Waals surface area contributed by atoms with E-state index in [-0.39, 0.29) is 11.6 Å². The van der Waals surface area contributed by atoms with Crippen LogP contribution in [-0.4, -0.2) is 52.9 Å². The molecule has 0 unspecified atom stereocenters. The van der Waals surface area contributed by atoms with E-state index in [1.165, 1.54) is 0 Å². The number of carbonyl (C=O) groups excluding carboxylic acids is 2. The van der Waals surface area contributed by atoms with Gasteiger partial charge in [0.2, 0.25) is 5.91 Å². The molecule has 0 fully saturated rings. The lowest BCUT2D eigenvalue weighted by Crippen LogP contribution is -2.53. The van der Waals surface area contributed by atoms with Gasteiger partial charge in [-0.05, 0) is 37.6 Å². The minimum Gasteiger partial charge on any atom is -0.357 e. The van der Waals surface area contributed by atoms with E-state index in [1.807, 2.05) is 32.4 Å². The maximum Gasteiger partial charge on any atom is 0.272 e. The van der Waals surface area contributed by atoms with Crippen LogP contribution in [0.3, 0.4) is 0 Å². The summed E-state index contributed by atoms with van der Waals surface area (Å²) in [5, 5.41) is 6.57. The van der Waals surface area contributed by atoms with Crippen LogP contribution in [0, 0.1) is 5.41 Å². The molecule has 2 aromatic rings. The third-order valence-corrected chi connectivity index (χ3v) is 6.53. The van der Waals surface area contributed by atoms with Crippen molar-refractivity contribution in [1.29, 1.82) is 0 Å². The van der Waals surface area contributed by atoms with Gasteiger partial charge in [-0.25, -0.2) is 4.98 Å². The van der Waals surface area contributed by atoms with Crippen molar-refractivity contribution in [3.63, 3.8) is 0 Å². The van der Waals surface area contributed by atoms with Crippen molar-refractivity contribution >= 4 is 46.6 Å². The quantitative estimate of drug-likeness (QED) is 0.616. The highest BCUT2D eigenvalue weighted by atomic mass is 35.5. The predicted molar refractivity (Wildman–Crippen MR) is 128 cm³/mol. The number of likely N-dealkylation sites (N-methyl/N-ethyl adjacent to an activating group) is 1. The van der Waals surface area contributed by atoms with E-state index < -0.39 is 17.4 Å². The summed E-state index contributed by atoms with van der Waals surface area (Å²) in [4.78, 5) is 32.7. The molecule has 0 saturated carbocycles. The van der Waals surface area contributed by atoms with Crippen molar-refractivity contribution in [1.82, 2.24) is 25.1 Å². The molecule has 2 amide bonds. The Kier molecular flexibility index (Phi) is 7.44. The number of fused-ring (bicyclic) bond motifs is 1. The molecule has 3 rings (SSSR count). The monoisotopic (exact) mass is 499 g/mol. The molecule has 174 valence electrons. The molecule has 1 atom stereocenters. The van der Waals surface area contributed by atoms with Gasteiger partial charge in [0.1, 0.15) is 11.9 Å². The second-order valence-electron chi connectivity index (χ2n) is 9.11. The van der Waals surface area contributed by atoms with E-state index in [0.29, 0.717) is 39.5 Å². The summed E-state index contributed by atoms with van der Waals surface area (Å²) in [5.41, 5.74) is 1.09. The minimum atomic E-state index is -0.728. The number of halogens is 3. The first kappa shape index (κ1) is 24.8. The smallest absolute Gasteiger partial charge is 0.272 e. The van der Waals surface area contributed by atoms with E-state index in [2.05, 4.69) is 15.5 Å². The van der Waals surface area contributed by atoms with Gasteiger partial charge in [-0.3, -0.25) is 9.59 Å². The molecule has 0 saturated heterocycles. The number of hydrogen-bond donors (Lipinski definition) is 2. The lowest BCUT2D eigenvalue weighted by molar-refractivity contribution is -0.124. The van der Waals surface area contributed by atoms with Crippen molar-refractivity contribution in [2.24, 2.45) is 5.41 Å². The van der Waals surface area contributed by atoms with Gasteiger partial charge in [0.05, 0.1) is 15.7 Å². The molecule has 1 aromatic heterocycles. The Morgan fingerprint density at radius 1 is 1.16 bits per heavy atom. The van der Waals surface area contributed by atoms with Crippen molar-refractivity contribution < 1.29 is 9.59 Å². The van der Waals surface area contributed by atoms with E-state index in [1.54, 1.807) is 19.2 Å². The summed E-state index contributed by atoms with van der Waals surface area (Å²) >= 11 is 19.0.